The minimum absolute atomic E-state index is 0.973. The molecule has 2 aromatic rings. The Morgan fingerprint density at radius 3 is 2.73 bits per heavy atom. The first kappa shape index (κ1) is 10.2. The zero-order valence-electron chi connectivity index (χ0n) is 8.37. The molecule has 15 heavy (non-hydrogen) atoms. The van der Waals surface area contributed by atoms with E-state index in [1.54, 1.807) is 12.4 Å². The summed E-state index contributed by atoms with van der Waals surface area (Å²) in [7, 11) is 0. The van der Waals surface area contributed by atoms with E-state index in [9.17, 15) is 0 Å². The van der Waals surface area contributed by atoms with Crippen molar-refractivity contribution in [1.82, 2.24) is 4.98 Å². The highest BCUT2D eigenvalue weighted by molar-refractivity contribution is 9.10. The molecule has 0 amide bonds. The maximum absolute atomic E-state index is 4.10. The van der Waals surface area contributed by atoms with E-state index in [-0.39, 0.29) is 0 Å². The Hall–Kier alpha value is -1.35. The summed E-state index contributed by atoms with van der Waals surface area (Å²) in [4.78, 5) is 4.10. The van der Waals surface area contributed by atoms with Crippen LogP contribution in [0.4, 0.5) is 11.4 Å². The summed E-state index contributed by atoms with van der Waals surface area (Å²) in [5, 5.41) is 3.32. The lowest BCUT2D eigenvalue weighted by Gasteiger charge is -2.08. The quantitative estimate of drug-likeness (QED) is 0.888. The van der Waals surface area contributed by atoms with E-state index in [1.807, 2.05) is 18.2 Å². The lowest BCUT2D eigenvalue weighted by Crippen LogP contribution is -1.93. The standard InChI is InChI=1S/C12H11BrN2/c1-9-4-2-3-5-12(9)15-11-6-10(13)7-14-8-11/h2-8,15H,1H3. The molecule has 0 bridgehead atoms. The Labute approximate surface area is 97.5 Å². The molecule has 0 spiro atoms. The fourth-order valence-electron chi connectivity index (χ4n) is 1.35. The normalized spacial score (nSPS) is 10.0. The van der Waals surface area contributed by atoms with Crippen molar-refractivity contribution in [2.24, 2.45) is 0 Å². The van der Waals surface area contributed by atoms with Crippen LogP contribution in [0.15, 0.2) is 47.2 Å². The molecular formula is C12H11BrN2. The Bertz CT molecular complexity index is 469. The van der Waals surface area contributed by atoms with Crippen LogP contribution < -0.4 is 5.32 Å². The number of benzene rings is 1. The number of halogens is 1. The topological polar surface area (TPSA) is 24.9 Å². The van der Waals surface area contributed by atoms with Gasteiger partial charge in [0.25, 0.3) is 0 Å². The van der Waals surface area contributed by atoms with Crippen LogP contribution in [0.5, 0.6) is 0 Å². The molecule has 2 rings (SSSR count). The summed E-state index contributed by atoms with van der Waals surface area (Å²) >= 11 is 3.39. The van der Waals surface area contributed by atoms with Crippen LogP contribution in [0.1, 0.15) is 5.56 Å². The molecule has 1 N–H and O–H groups in total. The first-order chi connectivity index (χ1) is 7.25. The number of aromatic nitrogens is 1. The molecule has 0 radical (unpaired) electrons. The second-order valence-corrected chi connectivity index (χ2v) is 4.25. The van der Waals surface area contributed by atoms with E-state index in [1.165, 1.54) is 5.56 Å². The van der Waals surface area contributed by atoms with Crippen molar-refractivity contribution in [1.29, 1.82) is 0 Å². The summed E-state index contributed by atoms with van der Waals surface area (Å²) in [5.41, 5.74) is 3.31. The Kier molecular flexibility index (Phi) is 3.02. The summed E-state index contributed by atoms with van der Waals surface area (Å²) in [6, 6.07) is 10.2. The van der Waals surface area contributed by atoms with Crippen molar-refractivity contribution in [3.05, 3.63) is 52.8 Å². The summed E-state index contributed by atoms with van der Waals surface area (Å²) < 4.78 is 0.973. The highest BCUT2D eigenvalue weighted by atomic mass is 79.9. The number of rotatable bonds is 2. The summed E-state index contributed by atoms with van der Waals surface area (Å²) in [6.45, 7) is 2.08. The molecule has 3 heteroatoms. The number of hydrogen-bond donors (Lipinski definition) is 1. The smallest absolute Gasteiger partial charge is 0.0582 e. The molecule has 0 aliphatic heterocycles. The third-order valence-electron chi connectivity index (χ3n) is 2.13. The molecule has 0 fully saturated rings. The molecule has 0 saturated carbocycles. The number of nitrogens with one attached hydrogen (secondary N) is 1. The molecule has 2 nitrogen and oxygen atoms in total. The molecule has 0 unspecified atom stereocenters. The Morgan fingerprint density at radius 1 is 1.20 bits per heavy atom. The zero-order chi connectivity index (χ0) is 10.7. The van der Waals surface area contributed by atoms with Gasteiger partial charge in [0.1, 0.15) is 0 Å². The van der Waals surface area contributed by atoms with Gasteiger partial charge in [0.2, 0.25) is 0 Å². The van der Waals surface area contributed by atoms with Crippen LogP contribution in [0.25, 0.3) is 0 Å². The maximum Gasteiger partial charge on any atom is 0.0582 e. The number of aryl methyl sites for hydroxylation is 1. The van der Waals surface area contributed by atoms with E-state index in [2.05, 4.69) is 45.3 Å². The Balaban J connectivity index is 2.26. The molecule has 0 aliphatic carbocycles. The molecule has 0 saturated heterocycles. The fourth-order valence-corrected chi connectivity index (χ4v) is 1.71. The first-order valence-electron chi connectivity index (χ1n) is 4.69. The number of para-hydroxylation sites is 1. The minimum atomic E-state index is 0.973. The predicted molar refractivity (Wildman–Crippen MR) is 66.4 cm³/mol. The van der Waals surface area contributed by atoms with Crippen molar-refractivity contribution in [2.75, 3.05) is 5.32 Å². The van der Waals surface area contributed by atoms with Crippen molar-refractivity contribution < 1.29 is 0 Å². The largest absolute Gasteiger partial charge is 0.354 e. The first-order valence-corrected chi connectivity index (χ1v) is 5.48. The van der Waals surface area contributed by atoms with Gasteiger partial charge in [0.15, 0.2) is 0 Å². The minimum Gasteiger partial charge on any atom is -0.354 e. The number of pyridine rings is 1. The molecule has 1 aromatic heterocycles. The van der Waals surface area contributed by atoms with E-state index in [0.29, 0.717) is 0 Å². The summed E-state index contributed by atoms with van der Waals surface area (Å²) in [5.74, 6) is 0. The van der Waals surface area contributed by atoms with E-state index in [0.717, 1.165) is 15.8 Å². The predicted octanol–water partition coefficient (Wildman–Crippen LogP) is 3.90. The fraction of sp³-hybridized carbons (Fsp3) is 0.0833. The SMILES string of the molecule is Cc1ccccc1Nc1cncc(Br)c1. The maximum atomic E-state index is 4.10. The highest BCUT2D eigenvalue weighted by Crippen LogP contribution is 2.21. The van der Waals surface area contributed by atoms with Gasteiger partial charge in [-0.1, -0.05) is 18.2 Å². The molecule has 0 atom stereocenters. The van der Waals surface area contributed by atoms with Gasteiger partial charge in [0, 0.05) is 16.4 Å². The third-order valence-corrected chi connectivity index (χ3v) is 2.56. The van der Waals surface area contributed by atoms with E-state index < -0.39 is 0 Å². The van der Waals surface area contributed by atoms with E-state index in [4.69, 9.17) is 0 Å². The number of anilines is 2. The lowest BCUT2D eigenvalue weighted by molar-refractivity contribution is 1.30. The van der Waals surface area contributed by atoms with Gasteiger partial charge in [-0.15, -0.1) is 0 Å². The second kappa shape index (κ2) is 4.45. The van der Waals surface area contributed by atoms with Crippen LogP contribution in [-0.2, 0) is 0 Å². The van der Waals surface area contributed by atoms with Gasteiger partial charge in [0.05, 0.1) is 11.9 Å². The average Bonchev–Trinajstić information content (AvgIpc) is 2.22. The van der Waals surface area contributed by atoms with Crippen molar-refractivity contribution in [3.8, 4) is 0 Å². The number of nitrogens with zero attached hydrogens (tertiary/aromatic N) is 1. The third kappa shape index (κ3) is 2.57. The molecular weight excluding hydrogens is 252 g/mol. The van der Waals surface area contributed by atoms with Gasteiger partial charge in [-0.25, -0.2) is 0 Å². The van der Waals surface area contributed by atoms with Gasteiger partial charge < -0.3 is 5.32 Å². The van der Waals surface area contributed by atoms with Gasteiger partial charge >= 0.3 is 0 Å². The van der Waals surface area contributed by atoms with Crippen LogP contribution in [-0.4, -0.2) is 4.98 Å². The second-order valence-electron chi connectivity index (χ2n) is 3.33. The molecule has 76 valence electrons. The van der Waals surface area contributed by atoms with Gasteiger partial charge in [-0.3, -0.25) is 4.98 Å². The van der Waals surface area contributed by atoms with Gasteiger partial charge in [-0.05, 0) is 40.5 Å². The Morgan fingerprint density at radius 2 is 2.00 bits per heavy atom. The zero-order valence-corrected chi connectivity index (χ0v) is 9.95. The van der Waals surface area contributed by atoms with Crippen LogP contribution in [0, 0.1) is 6.92 Å². The van der Waals surface area contributed by atoms with Crippen molar-refractivity contribution in [3.63, 3.8) is 0 Å². The monoisotopic (exact) mass is 262 g/mol. The van der Waals surface area contributed by atoms with Gasteiger partial charge in [-0.2, -0.15) is 0 Å². The highest BCUT2D eigenvalue weighted by Gasteiger charge is 1.98. The molecule has 1 heterocycles. The summed E-state index contributed by atoms with van der Waals surface area (Å²) in [6.07, 6.45) is 3.57. The lowest BCUT2D eigenvalue weighted by atomic mass is 10.2. The van der Waals surface area contributed by atoms with Crippen molar-refractivity contribution >= 4 is 27.3 Å². The van der Waals surface area contributed by atoms with Crippen LogP contribution >= 0.6 is 15.9 Å². The molecule has 1 aromatic carbocycles. The van der Waals surface area contributed by atoms with Crippen molar-refractivity contribution in [2.45, 2.75) is 6.92 Å². The van der Waals surface area contributed by atoms with Crippen LogP contribution in [0.3, 0.4) is 0 Å². The molecule has 0 aliphatic rings. The average molecular weight is 263 g/mol. The van der Waals surface area contributed by atoms with E-state index >= 15 is 0 Å². The van der Waals surface area contributed by atoms with Crippen LogP contribution in [0.2, 0.25) is 0 Å². The number of hydrogen-bond acceptors (Lipinski definition) is 2.